The van der Waals surface area contributed by atoms with Gasteiger partial charge in [-0.2, -0.15) is 4.39 Å². The van der Waals surface area contributed by atoms with E-state index in [1.807, 2.05) is 4.90 Å². The number of hydrogen-bond donors (Lipinski definition) is 5. The predicted octanol–water partition coefficient (Wildman–Crippen LogP) is 6.08. The molecule has 9 aromatic rings. The molecule has 3 saturated heterocycles. The molecule has 2 saturated carbocycles. The van der Waals surface area contributed by atoms with Gasteiger partial charge >= 0.3 is 0 Å². The van der Waals surface area contributed by atoms with Gasteiger partial charge in [0.2, 0.25) is 23.7 Å². The van der Waals surface area contributed by atoms with E-state index in [2.05, 4.69) is 45.5 Å². The average Bonchev–Trinajstić information content (AvgIpc) is 1.56. The lowest BCUT2D eigenvalue weighted by atomic mass is 10.0. The van der Waals surface area contributed by atoms with Crippen molar-refractivity contribution in [2.75, 3.05) is 77.2 Å². The number of pyridine rings is 7. The summed E-state index contributed by atoms with van der Waals surface area (Å²) in [6.45, 7) is 3.04. The Kier molecular flexibility index (Phi) is 16.9. The molecule has 0 bridgehead atoms. The van der Waals surface area contributed by atoms with Crippen LogP contribution in [0, 0.1) is 29.4 Å². The Morgan fingerprint density at radius 3 is 1.38 bits per heavy atom. The lowest BCUT2D eigenvalue weighted by molar-refractivity contribution is -0.140. The third-order valence-corrected chi connectivity index (χ3v) is 16.5. The van der Waals surface area contributed by atoms with Crippen molar-refractivity contribution in [3.63, 3.8) is 0 Å². The fourth-order valence-electron chi connectivity index (χ4n) is 11.0. The lowest BCUT2D eigenvalue weighted by Gasteiger charge is -2.44. The molecular weight excluding hydrogens is 1170 g/mol. The summed E-state index contributed by atoms with van der Waals surface area (Å²) in [5.74, 6) is -0.932. The Morgan fingerprint density at radius 1 is 0.538 bits per heavy atom. The molecule has 14 rings (SSSR count). The number of nitrogens with two attached hydrogens (primary N) is 3. The largest absolute Gasteiger partial charge is 0.382 e. The molecule has 0 unspecified atom stereocenters. The van der Waals surface area contributed by atoms with E-state index in [4.69, 9.17) is 21.9 Å². The summed E-state index contributed by atoms with van der Waals surface area (Å²) < 4.78 is 45.4. The summed E-state index contributed by atoms with van der Waals surface area (Å²) in [4.78, 5) is 111. The van der Waals surface area contributed by atoms with Gasteiger partial charge in [-0.05, 0) is 92.4 Å². The minimum absolute atomic E-state index is 0.0203. The molecule has 5 aliphatic rings. The number of anilines is 3. The topological polar surface area (TPSA) is 317 Å². The zero-order chi connectivity index (χ0) is 63.8. The number of carbonyl (C=O) groups excluding carboxylic acids is 6. The molecule has 7 aromatic heterocycles. The van der Waals surface area contributed by atoms with Gasteiger partial charge in [0.15, 0.2) is 0 Å². The molecule has 10 heterocycles. The molecule has 91 heavy (non-hydrogen) atoms. The Morgan fingerprint density at radius 2 is 0.956 bits per heavy atom. The first kappa shape index (κ1) is 60.5. The number of nitrogen functional groups attached to an aromatic ring is 3. The molecule has 2 aliphatic carbocycles. The zero-order valence-corrected chi connectivity index (χ0v) is 49.4. The third kappa shape index (κ3) is 13.1. The molecule has 464 valence electrons. The van der Waals surface area contributed by atoms with E-state index in [-0.39, 0.29) is 101 Å². The summed E-state index contributed by atoms with van der Waals surface area (Å²) in [6.07, 6.45) is 9.54. The molecule has 5 fully saturated rings. The van der Waals surface area contributed by atoms with E-state index < -0.39 is 5.95 Å². The molecule has 2 aromatic carbocycles. The second-order valence-electron chi connectivity index (χ2n) is 23.0. The maximum Gasteiger partial charge on any atom is 0.256 e. The van der Waals surface area contributed by atoms with Crippen molar-refractivity contribution in [2.45, 2.75) is 43.8 Å². The van der Waals surface area contributed by atoms with E-state index in [1.165, 1.54) is 62.2 Å². The van der Waals surface area contributed by atoms with E-state index in [1.54, 1.807) is 88.5 Å². The van der Waals surface area contributed by atoms with Gasteiger partial charge in [-0.25, -0.2) is 43.7 Å². The van der Waals surface area contributed by atoms with Crippen LogP contribution in [-0.4, -0.2) is 168 Å². The van der Waals surface area contributed by atoms with Crippen molar-refractivity contribution in [2.24, 2.45) is 11.8 Å². The van der Waals surface area contributed by atoms with Gasteiger partial charge in [0.25, 0.3) is 17.7 Å². The normalized spacial score (nSPS) is 15.5. The second kappa shape index (κ2) is 25.4. The van der Waals surface area contributed by atoms with Crippen LogP contribution in [0.25, 0.3) is 66.5 Å². The van der Waals surface area contributed by atoms with Crippen LogP contribution in [0.2, 0.25) is 0 Å². The molecule has 8 N–H and O–H groups in total. The molecule has 0 atom stereocenters. The number of rotatable bonds is 13. The molecule has 3 aliphatic heterocycles. The number of carbonyl (C=O) groups is 6. The standard InChI is InChI=1S/C23H22FN5O2.C21H19FN6O2.C21H20FN5O3/c1-28(16-11-29(12-16)22(30)13-5-6-13)23(31)18-10-26-21(25)20-17(18)7-8-19(27-20)14-3-2-4-15(24)9-14;22-17-7-12(5-6-24-17)16-4-3-14-15(8-25-19(23)18(14)27-16)20(29)26-13-9-28(10-13)21(30)11-1-2-11;1-30-11-18(28)27-9-14(10-27)25-21(29)16-8-24-20(23)19-15(16)5-6-17(26-19)12-3-2-4-13(22)7-12/h2-4,7-10,13,16H,5-6,11-12H2,1H3,(H2,25,26);3-8,11,13H,1-2,9-10H2,(H2,23,25)(H,26,29);2-8,14H,9-11H2,1H3,(H2,23,24)(H,25,29). The summed E-state index contributed by atoms with van der Waals surface area (Å²) >= 11 is 0. The number of hydrogen-bond acceptors (Lipinski definition) is 17. The highest BCUT2D eigenvalue weighted by Gasteiger charge is 2.42. The number of methoxy groups -OCH3 is 1. The highest BCUT2D eigenvalue weighted by molar-refractivity contribution is 6.10. The van der Waals surface area contributed by atoms with Gasteiger partial charge in [-0.1, -0.05) is 24.3 Å². The van der Waals surface area contributed by atoms with Crippen LogP contribution < -0.4 is 27.8 Å². The van der Waals surface area contributed by atoms with Gasteiger partial charge < -0.3 is 52.2 Å². The quantitative estimate of drug-likeness (QED) is 0.0817. The number of amides is 6. The summed E-state index contributed by atoms with van der Waals surface area (Å²) in [5.41, 5.74) is 23.6. The molecule has 23 nitrogen and oxygen atoms in total. The Hall–Kier alpha value is -10.8. The Labute approximate surface area is 518 Å². The highest BCUT2D eigenvalue weighted by atomic mass is 19.1. The second-order valence-corrected chi connectivity index (χ2v) is 23.0. The van der Waals surface area contributed by atoms with Crippen LogP contribution >= 0.6 is 0 Å². The van der Waals surface area contributed by atoms with Gasteiger partial charge in [-0.15, -0.1) is 0 Å². The monoisotopic (exact) mass is 1230 g/mol. The van der Waals surface area contributed by atoms with Crippen molar-refractivity contribution in [1.29, 1.82) is 0 Å². The summed E-state index contributed by atoms with van der Waals surface area (Å²) in [5, 5.41) is 7.54. The van der Waals surface area contributed by atoms with Gasteiger partial charge in [0.1, 0.15) is 52.2 Å². The minimum atomic E-state index is -0.608. The number of benzene rings is 2. The van der Waals surface area contributed by atoms with Crippen molar-refractivity contribution in [3.05, 3.63) is 156 Å². The van der Waals surface area contributed by atoms with E-state index in [0.717, 1.165) is 25.7 Å². The summed E-state index contributed by atoms with van der Waals surface area (Å²) in [6, 6.07) is 25.2. The highest BCUT2D eigenvalue weighted by Crippen LogP contribution is 2.35. The first-order valence-electron chi connectivity index (χ1n) is 29.4. The third-order valence-electron chi connectivity index (χ3n) is 16.5. The molecule has 26 heteroatoms. The van der Waals surface area contributed by atoms with E-state index in [9.17, 15) is 41.9 Å². The summed E-state index contributed by atoms with van der Waals surface area (Å²) in [7, 11) is 3.20. The Balaban J connectivity index is 0.000000132. The maximum absolute atomic E-state index is 13.6. The number of aromatic nitrogens is 7. The fraction of sp³-hybridized carbons (Fsp3) is 0.277. The van der Waals surface area contributed by atoms with Crippen LogP contribution in [0.1, 0.15) is 56.8 Å². The number of likely N-dealkylation sites (tertiary alicyclic amines) is 3. The minimum Gasteiger partial charge on any atom is -0.382 e. The van der Waals surface area contributed by atoms with E-state index in [0.29, 0.717) is 122 Å². The first-order valence-corrected chi connectivity index (χ1v) is 29.4. The van der Waals surface area contributed by atoms with Crippen LogP contribution in [0.15, 0.2) is 122 Å². The number of nitrogens with zero attached hydrogens (tertiary/aromatic N) is 11. The number of likely N-dealkylation sites (N-methyl/N-ethyl adjacent to an activating group) is 1. The zero-order valence-electron chi connectivity index (χ0n) is 49.4. The van der Waals surface area contributed by atoms with Crippen molar-refractivity contribution in [3.8, 4) is 33.8 Å². The average molecular weight is 1240 g/mol. The van der Waals surface area contributed by atoms with Gasteiger partial charge in [0.05, 0.1) is 51.9 Å². The maximum atomic E-state index is 13.6. The van der Waals surface area contributed by atoms with Crippen LogP contribution in [0.5, 0.6) is 0 Å². The van der Waals surface area contributed by atoms with Crippen molar-refractivity contribution >= 4 is 85.6 Å². The molecule has 0 spiro atoms. The smallest absolute Gasteiger partial charge is 0.256 e. The molecule has 6 amide bonds. The van der Waals surface area contributed by atoms with Crippen molar-refractivity contribution in [1.82, 2.24) is 65.1 Å². The van der Waals surface area contributed by atoms with Crippen molar-refractivity contribution < 1.29 is 46.7 Å². The van der Waals surface area contributed by atoms with Gasteiger partial charge in [0, 0.05) is 129 Å². The van der Waals surface area contributed by atoms with Crippen LogP contribution in [0.3, 0.4) is 0 Å². The number of halogens is 3. The SMILES string of the molecule is CN(C(=O)c1cnc(N)c2nc(-c3cccc(F)c3)ccc12)C1CN(C(=O)C2CC2)C1.COCC(=O)N1CC(NC(=O)c2cnc(N)c3nc(-c4cccc(F)c4)ccc23)C1.Nc1ncc(C(=O)NC2CN(C(=O)C3CC3)C2)c2ccc(-c3ccnc(F)c3)nc12. The Bertz CT molecular complexity index is 4380. The molecule has 0 radical (unpaired) electrons. The van der Waals surface area contributed by atoms with Gasteiger partial charge in [-0.3, -0.25) is 28.8 Å². The van der Waals surface area contributed by atoms with Crippen LogP contribution in [-0.2, 0) is 19.1 Å². The lowest BCUT2D eigenvalue weighted by Crippen LogP contribution is -2.61. The number of fused-ring (bicyclic) bond motifs is 3. The van der Waals surface area contributed by atoms with E-state index >= 15 is 0 Å². The number of nitrogens with one attached hydrogen (secondary N) is 2. The fourth-order valence-corrected chi connectivity index (χ4v) is 11.0. The van der Waals surface area contributed by atoms with Crippen LogP contribution in [0.4, 0.5) is 30.6 Å². The first-order chi connectivity index (χ1) is 43.9. The molecular formula is C65H61F3N16O7. The predicted molar refractivity (Wildman–Crippen MR) is 331 cm³/mol. The number of ether oxygens (including phenoxy) is 1.